The maximum atomic E-state index is 4.96. The van der Waals surface area contributed by atoms with E-state index < -0.39 is 0 Å². The second-order valence-electron chi connectivity index (χ2n) is 6.50. The summed E-state index contributed by atoms with van der Waals surface area (Å²) in [6.45, 7) is 31.6. The minimum Gasteiger partial charge on any atom is -0.501 e. The first kappa shape index (κ1) is 31.8. The largest absolute Gasteiger partial charge is 0.501 e. The first-order chi connectivity index (χ1) is 9.02. The van der Waals surface area contributed by atoms with E-state index in [9.17, 15) is 0 Å². The number of hydrogen-bond acceptors (Lipinski definition) is 1. The maximum absolute atomic E-state index is 4.96. The molecule has 0 aromatic heterocycles. The molecule has 0 bridgehead atoms. The van der Waals surface area contributed by atoms with Gasteiger partial charge in [0.15, 0.2) is 0 Å². The van der Waals surface area contributed by atoms with Crippen LogP contribution in [0, 0.1) is 17.3 Å². The van der Waals surface area contributed by atoms with Gasteiger partial charge in [-0.05, 0) is 17.3 Å². The van der Waals surface area contributed by atoms with Gasteiger partial charge in [0.2, 0.25) is 0 Å². The number of rotatable bonds is 2. The minimum atomic E-state index is 0.258. The summed E-state index contributed by atoms with van der Waals surface area (Å²) >= 11 is 0. The fourth-order valence-corrected chi connectivity index (χ4v) is 0.309. The normalized spacial score (nSPS) is 8.55. The Bertz CT molecular complexity index is 118. The maximum Gasteiger partial charge on any atom is 0.0921 e. The fraction of sp³-hybridized carbons (Fsp3) is 0.895. The average Bonchev–Trinajstić information content (AvgIpc) is 2.29. The molecule has 0 spiro atoms. The molecule has 0 saturated carbocycles. The highest BCUT2D eigenvalue weighted by atomic mass is 16.5. The van der Waals surface area contributed by atoms with Crippen molar-refractivity contribution >= 4 is 0 Å². The molecule has 0 aliphatic heterocycles. The van der Waals surface area contributed by atoms with Crippen molar-refractivity contribution in [3.05, 3.63) is 12.8 Å². The predicted octanol–water partition coefficient (Wildman–Crippen LogP) is 7.57. The van der Waals surface area contributed by atoms with Crippen LogP contribution in [0.25, 0.3) is 0 Å². The smallest absolute Gasteiger partial charge is 0.0921 e. The molecular weight excluding hydrogens is 244 g/mol. The van der Waals surface area contributed by atoms with Crippen LogP contribution in [0.3, 0.4) is 0 Å². The van der Waals surface area contributed by atoms with E-state index in [0.717, 1.165) is 18.4 Å². The molecule has 0 fully saturated rings. The van der Waals surface area contributed by atoms with E-state index in [1.807, 2.05) is 27.7 Å². The van der Waals surface area contributed by atoms with Crippen LogP contribution < -0.4 is 0 Å². The van der Waals surface area contributed by atoms with Gasteiger partial charge in [0.25, 0.3) is 0 Å². The standard InChI is InChI=1S/C7H14O.2C4H10.2C2H6/c1-5-8-6-7(2,3)4;2*1-4(2)3;2*1-2/h5H,1,6H2,2-4H3;2*4H,1-3H3;2*1-2H3. The highest BCUT2D eigenvalue weighted by molar-refractivity contribution is 4.61. The van der Waals surface area contributed by atoms with E-state index in [1.165, 1.54) is 6.26 Å². The fourth-order valence-electron chi connectivity index (χ4n) is 0.309. The molecule has 0 aliphatic carbocycles. The Balaban J connectivity index is -0.0000000535. The molecule has 0 radical (unpaired) electrons. The van der Waals surface area contributed by atoms with Crippen LogP contribution in [0.4, 0.5) is 0 Å². The summed E-state index contributed by atoms with van der Waals surface area (Å²) < 4.78 is 4.96. The predicted molar refractivity (Wildman–Crippen MR) is 99.3 cm³/mol. The molecule has 0 amide bonds. The molecule has 0 rings (SSSR count). The zero-order chi connectivity index (χ0) is 17.8. The Morgan fingerprint density at radius 2 is 1.00 bits per heavy atom. The Kier molecular flexibility index (Phi) is 42.9. The van der Waals surface area contributed by atoms with Crippen LogP contribution in [-0.2, 0) is 4.74 Å². The van der Waals surface area contributed by atoms with E-state index >= 15 is 0 Å². The zero-order valence-corrected chi connectivity index (χ0v) is 17.1. The van der Waals surface area contributed by atoms with Crippen LogP contribution in [0.2, 0.25) is 0 Å². The molecule has 1 nitrogen and oxygen atoms in total. The van der Waals surface area contributed by atoms with Crippen molar-refractivity contribution in [2.75, 3.05) is 6.61 Å². The summed E-state index contributed by atoms with van der Waals surface area (Å²) in [6.07, 6.45) is 1.48. The summed E-state index contributed by atoms with van der Waals surface area (Å²) in [5, 5.41) is 0. The van der Waals surface area contributed by atoms with Gasteiger partial charge in [0.05, 0.1) is 12.9 Å². The zero-order valence-electron chi connectivity index (χ0n) is 17.1. The third-order valence-electron chi connectivity index (χ3n) is 0.634. The van der Waals surface area contributed by atoms with Gasteiger partial charge in [0.1, 0.15) is 0 Å². The SMILES string of the molecule is C=COCC(C)(C)C.CC.CC.CC(C)C.CC(C)C. The van der Waals surface area contributed by atoms with Gasteiger partial charge < -0.3 is 4.74 Å². The highest BCUT2D eigenvalue weighted by Gasteiger charge is 2.08. The van der Waals surface area contributed by atoms with E-state index in [-0.39, 0.29) is 5.41 Å². The molecule has 0 aliphatic rings. The van der Waals surface area contributed by atoms with Crippen molar-refractivity contribution in [1.29, 1.82) is 0 Å². The van der Waals surface area contributed by atoms with Gasteiger partial charge in [-0.15, -0.1) is 0 Å². The van der Waals surface area contributed by atoms with Gasteiger partial charge in [-0.3, -0.25) is 0 Å². The Labute approximate surface area is 132 Å². The lowest BCUT2D eigenvalue weighted by molar-refractivity contribution is 0.152. The molecule has 0 aromatic carbocycles. The molecule has 0 unspecified atom stereocenters. The van der Waals surface area contributed by atoms with E-state index in [2.05, 4.69) is 68.9 Å². The molecule has 0 atom stereocenters. The topological polar surface area (TPSA) is 9.23 Å². The Hall–Kier alpha value is -0.460. The molecule has 20 heavy (non-hydrogen) atoms. The van der Waals surface area contributed by atoms with Crippen LogP contribution in [0.1, 0.15) is 90.0 Å². The van der Waals surface area contributed by atoms with Gasteiger partial charge in [0, 0.05) is 0 Å². The molecular formula is C19H46O. The van der Waals surface area contributed by atoms with Crippen LogP contribution in [-0.4, -0.2) is 6.61 Å². The molecule has 0 saturated heterocycles. The van der Waals surface area contributed by atoms with Gasteiger partial charge in [-0.1, -0.05) is 96.6 Å². The van der Waals surface area contributed by atoms with Crippen molar-refractivity contribution in [3.8, 4) is 0 Å². The van der Waals surface area contributed by atoms with Crippen LogP contribution in [0.15, 0.2) is 12.8 Å². The van der Waals surface area contributed by atoms with Crippen molar-refractivity contribution < 1.29 is 4.74 Å². The Morgan fingerprint density at radius 3 is 1.05 bits per heavy atom. The van der Waals surface area contributed by atoms with E-state index in [1.54, 1.807) is 0 Å². The van der Waals surface area contributed by atoms with Crippen molar-refractivity contribution in [3.63, 3.8) is 0 Å². The van der Waals surface area contributed by atoms with Crippen molar-refractivity contribution in [2.45, 2.75) is 90.0 Å². The molecule has 0 heterocycles. The quantitative estimate of drug-likeness (QED) is 0.476. The van der Waals surface area contributed by atoms with Gasteiger partial charge >= 0.3 is 0 Å². The second-order valence-corrected chi connectivity index (χ2v) is 6.50. The van der Waals surface area contributed by atoms with Gasteiger partial charge in [-0.2, -0.15) is 0 Å². The summed E-state index contributed by atoms with van der Waals surface area (Å²) in [4.78, 5) is 0. The minimum absolute atomic E-state index is 0.258. The molecule has 0 aromatic rings. The monoisotopic (exact) mass is 290 g/mol. The first-order valence-corrected chi connectivity index (χ1v) is 8.25. The lowest BCUT2D eigenvalue weighted by Gasteiger charge is -2.16. The Morgan fingerprint density at radius 1 is 0.800 bits per heavy atom. The average molecular weight is 291 g/mol. The third-order valence-corrected chi connectivity index (χ3v) is 0.634. The summed E-state index contributed by atoms with van der Waals surface area (Å²) in [5.74, 6) is 1.67. The number of hydrogen-bond donors (Lipinski definition) is 0. The second kappa shape index (κ2) is 27.0. The molecule has 0 N–H and O–H groups in total. The van der Waals surface area contributed by atoms with Crippen molar-refractivity contribution in [2.24, 2.45) is 17.3 Å². The molecule has 1 heteroatoms. The first-order valence-electron chi connectivity index (χ1n) is 8.25. The lowest BCUT2D eigenvalue weighted by atomic mass is 9.99. The summed E-state index contributed by atoms with van der Waals surface area (Å²) in [6, 6.07) is 0. The summed E-state index contributed by atoms with van der Waals surface area (Å²) in [7, 11) is 0. The van der Waals surface area contributed by atoms with Crippen molar-refractivity contribution in [1.82, 2.24) is 0 Å². The lowest BCUT2D eigenvalue weighted by Crippen LogP contribution is -2.11. The number of ether oxygens (including phenoxy) is 1. The van der Waals surface area contributed by atoms with Gasteiger partial charge in [-0.25, -0.2) is 0 Å². The highest BCUT2D eigenvalue weighted by Crippen LogP contribution is 2.12. The van der Waals surface area contributed by atoms with Crippen LogP contribution >= 0.6 is 0 Å². The third kappa shape index (κ3) is 233. The van der Waals surface area contributed by atoms with E-state index in [4.69, 9.17) is 4.74 Å². The summed E-state index contributed by atoms with van der Waals surface area (Å²) in [5.41, 5.74) is 0.258. The van der Waals surface area contributed by atoms with E-state index in [0.29, 0.717) is 0 Å². The van der Waals surface area contributed by atoms with Crippen LogP contribution in [0.5, 0.6) is 0 Å². The molecule has 128 valence electrons.